The summed E-state index contributed by atoms with van der Waals surface area (Å²) >= 11 is 5.52. The van der Waals surface area contributed by atoms with Gasteiger partial charge in [0.05, 0.1) is 0 Å². The van der Waals surface area contributed by atoms with Gasteiger partial charge in [0.1, 0.15) is 0 Å². The van der Waals surface area contributed by atoms with Crippen LogP contribution in [-0.2, 0) is 5.88 Å². The first-order valence-electron chi connectivity index (χ1n) is 2.82. The van der Waals surface area contributed by atoms with E-state index in [9.17, 15) is 4.79 Å². The van der Waals surface area contributed by atoms with Crippen molar-refractivity contribution in [3.63, 3.8) is 0 Å². The zero-order valence-corrected chi connectivity index (χ0v) is 6.01. The average molecular weight is 156 g/mol. The van der Waals surface area contributed by atoms with Gasteiger partial charge in [0.2, 0.25) is 0 Å². The number of rotatable bonds is 2. The highest BCUT2D eigenvalue weighted by Gasteiger charge is 1.96. The third-order valence-electron chi connectivity index (χ3n) is 1.22. The van der Waals surface area contributed by atoms with Crippen LogP contribution >= 0.6 is 11.6 Å². The number of hydrogen-bond acceptors (Lipinski definition) is 2. The van der Waals surface area contributed by atoms with Crippen LogP contribution in [0.25, 0.3) is 0 Å². The van der Waals surface area contributed by atoms with Crippen molar-refractivity contribution < 1.29 is 4.79 Å². The standard InChI is InChI=1S/C7H6ClNO/c8-3-6-1-2-9-4-7(6)5-10/h1-2,4-5H,3H2. The molecule has 0 bridgehead atoms. The summed E-state index contributed by atoms with van der Waals surface area (Å²) in [5.41, 5.74) is 1.39. The predicted octanol–water partition coefficient (Wildman–Crippen LogP) is 1.63. The first kappa shape index (κ1) is 7.22. The van der Waals surface area contributed by atoms with Crippen molar-refractivity contribution in [2.45, 2.75) is 5.88 Å². The molecule has 10 heavy (non-hydrogen) atoms. The van der Waals surface area contributed by atoms with Crippen LogP contribution < -0.4 is 0 Å². The molecule has 1 aromatic heterocycles. The Balaban J connectivity index is 3.08. The molecule has 0 unspecified atom stereocenters. The van der Waals surface area contributed by atoms with Crippen molar-refractivity contribution in [3.8, 4) is 0 Å². The number of hydrogen-bond donors (Lipinski definition) is 0. The van der Waals surface area contributed by atoms with E-state index in [1.807, 2.05) is 0 Å². The van der Waals surface area contributed by atoms with E-state index in [1.165, 1.54) is 6.20 Å². The van der Waals surface area contributed by atoms with Crippen LogP contribution in [0.2, 0.25) is 0 Å². The van der Waals surface area contributed by atoms with Gasteiger partial charge in [0.15, 0.2) is 6.29 Å². The van der Waals surface area contributed by atoms with E-state index in [2.05, 4.69) is 4.98 Å². The van der Waals surface area contributed by atoms with Gasteiger partial charge >= 0.3 is 0 Å². The third kappa shape index (κ3) is 1.33. The smallest absolute Gasteiger partial charge is 0.151 e. The summed E-state index contributed by atoms with van der Waals surface area (Å²) in [6, 6.07) is 1.73. The quantitative estimate of drug-likeness (QED) is 0.480. The molecule has 1 aromatic rings. The zero-order valence-electron chi connectivity index (χ0n) is 5.25. The van der Waals surface area contributed by atoms with E-state index in [1.54, 1.807) is 12.3 Å². The molecule has 0 N–H and O–H groups in total. The monoisotopic (exact) mass is 155 g/mol. The van der Waals surface area contributed by atoms with E-state index in [0.717, 1.165) is 11.8 Å². The SMILES string of the molecule is O=Cc1cnccc1CCl. The molecule has 0 aliphatic rings. The summed E-state index contributed by atoms with van der Waals surface area (Å²) in [7, 11) is 0. The molecule has 52 valence electrons. The lowest BCUT2D eigenvalue weighted by Crippen LogP contribution is -1.89. The number of aromatic nitrogens is 1. The van der Waals surface area contributed by atoms with Gasteiger partial charge in [-0.1, -0.05) is 0 Å². The fourth-order valence-corrected chi connectivity index (χ4v) is 0.907. The Morgan fingerprint density at radius 3 is 3.00 bits per heavy atom. The van der Waals surface area contributed by atoms with E-state index in [-0.39, 0.29) is 0 Å². The zero-order chi connectivity index (χ0) is 7.40. The molecule has 2 nitrogen and oxygen atoms in total. The highest BCUT2D eigenvalue weighted by Crippen LogP contribution is 2.06. The second kappa shape index (κ2) is 3.32. The van der Waals surface area contributed by atoms with E-state index >= 15 is 0 Å². The number of aldehydes is 1. The summed E-state index contributed by atoms with van der Waals surface area (Å²) in [5.74, 6) is 0.358. The third-order valence-corrected chi connectivity index (χ3v) is 1.51. The van der Waals surface area contributed by atoms with Crippen LogP contribution in [-0.4, -0.2) is 11.3 Å². The van der Waals surface area contributed by atoms with Crippen molar-refractivity contribution in [3.05, 3.63) is 29.6 Å². The van der Waals surface area contributed by atoms with Crippen LogP contribution in [0.4, 0.5) is 0 Å². The lowest BCUT2D eigenvalue weighted by molar-refractivity contribution is 0.112. The number of carbonyl (C=O) groups is 1. The van der Waals surface area contributed by atoms with E-state index in [0.29, 0.717) is 11.4 Å². The topological polar surface area (TPSA) is 30.0 Å². The van der Waals surface area contributed by atoms with Crippen molar-refractivity contribution in [1.82, 2.24) is 4.98 Å². The number of nitrogens with zero attached hydrogens (tertiary/aromatic N) is 1. The molecule has 0 radical (unpaired) electrons. The Morgan fingerprint density at radius 2 is 2.50 bits per heavy atom. The molecular formula is C7H6ClNO. The molecular weight excluding hydrogens is 150 g/mol. The highest BCUT2D eigenvalue weighted by atomic mass is 35.5. The Kier molecular flexibility index (Phi) is 2.40. The van der Waals surface area contributed by atoms with Crippen LogP contribution in [0.5, 0.6) is 0 Å². The second-order valence-corrected chi connectivity index (χ2v) is 2.09. The Labute approximate surface area is 63.8 Å². The van der Waals surface area contributed by atoms with Gasteiger partial charge < -0.3 is 0 Å². The lowest BCUT2D eigenvalue weighted by atomic mass is 10.2. The minimum Gasteiger partial charge on any atom is -0.298 e. The van der Waals surface area contributed by atoms with Gasteiger partial charge in [-0.3, -0.25) is 9.78 Å². The fraction of sp³-hybridized carbons (Fsp3) is 0.143. The Morgan fingerprint density at radius 1 is 1.70 bits per heavy atom. The maximum Gasteiger partial charge on any atom is 0.151 e. The molecule has 1 heterocycles. The maximum absolute atomic E-state index is 10.3. The molecule has 0 saturated carbocycles. The summed E-state index contributed by atoms with van der Waals surface area (Å²) in [5, 5.41) is 0. The van der Waals surface area contributed by atoms with Crippen LogP contribution in [0, 0.1) is 0 Å². The van der Waals surface area contributed by atoms with Gasteiger partial charge in [-0.25, -0.2) is 0 Å². The number of pyridine rings is 1. The summed E-state index contributed by atoms with van der Waals surface area (Å²) in [6.45, 7) is 0. The fourth-order valence-electron chi connectivity index (χ4n) is 0.663. The molecule has 0 spiro atoms. The summed E-state index contributed by atoms with van der Waals surface area (Å²) < 4.78 is 0. The molecule has 0 saturated heterocycles. The van der Waals surface area contributed by atoms with Crippen molar-refractivity contribution in [1.29, 1.82) is 0 Å². The number of alkyl halides is 1. The van der Waals surface area contributed by atoms with Crippen molar-refractivity contribution in [2.75, 3.05) is 0 Å². The first-order valence-corrected chi connectivity index (χ1v) is 3.36. The van der Waals surface area contributed by atoms with Gasteiger partial charge in [-0.15, -0.1) is 11.6 Å². The van der Waals surface area contributed by atoms with E-state index in [4.69, 9.17) is 11.6 Å². The van der Waals surface area contributed by atoms with Gasteiger partial charge in [0.25, 0.3) is 0 Å². The van der Waals surface area contributed by atoms with Gasteiger partial charge in [0, 0.05) is 23.8 Å². The molecule has 3 heteroatoms. The van der Waals surface area contributed by atoms with Gasteiger partial charge in [-0.05, 0) is 11.6 Å². The average Bonchev–Trinajstić information content (AvgIpc) is 2.04. The molecule has 0 amide bonds. The molecule has 1 rings (SSSR count). The minimum atomic E-state index is 0.358. The Bertz CT molecular complexity index is 237. The summed E-state index contributed by atoms with van der Waals surface area (Å²) in [6.07, 6.45) is 3.88. The number of halogens is 1. The molecule has 0 fully saturated rings. The largest absolute Gasteiger partial charge is 0.298 e. The highest BCUT2D eigenvalue weighted by molar-refractivity contribution is 6.17. The number of carbonyl (C=O) groups excluding carboxylic acids is 1. The predicted molar refractivity (Wildman–Crippen MR) is 39.2 cm³/mol. The minimum absolute atomic E-state index is 0.358. The maximum atomic E-state index is 10.3. The molecule has 0 aliphatic heterocycles. The summed E-state index contributed by atoms with van der Waals surface area (Å²) in [4.78, 5) is 14.1. The Hall–Kier alpha value is -0.890. The first-order chi connectivity index (χ1) is 4.88. The van der Waals surface area contributed by atoms with Crippen molar-refractivity contribution in [2.24, 2.45) is 0 Å². The van der Waals surface area contributed by atoms with Crippen LogP contribution in [0.15, 0.2) is 18.5 Å². The molecule has 0 aliphatic carbocycles. The molecule has 0 atom stereocenters. The van der Waals surface area contributed by atoms with Crippen molar-refractivity contribution >= 4 is 17.9 Å². The lowest BCUT2D eigenvalue weighted by Gasteiger charge is -1.95. The molecule has 0 aromatic carbocycles. The van der Waals surface area contributed by atoms with Crippen LogP contribution in [0.3, 0.4) is 0 Å². The van der Waals surface area contributed by atoms with E-state index < -0.39 is 0 Å². The van der Waals surface area contributed by atoms with Crippen LogP contribution in [0.1, 0.15) is 15.9 Å². The van der Waals surface area contributed by atoms with Gasteiger partial charge in [-0.2, -0.15) is 0 Å². The normalized spacial score (nSPS) is 9.30. The second-order valence-electron chi connectivity index (χ2n) is 1.83.